The zero-order valence-corrected chi connectivity index (χ0v) is 13.7. The molecule has 1 N–H and O–H groups in total. The number of hydrogen-bond acceptors (Lipinski definition) is 4. The van der Waals surface area contributed by atoms with E-state index in [1.807, 2.05) is 24.4 Å². The van der Waals surface area contributed by atoms with Gasteiger partial charge in [0, 0.05) is 31.5 Å². The average Bonchev–Trinajstić information content (AvgIpc) is 2.56. The molecule has 0 spiro atoms. The molecule has 2 heterocycles. The first kappa shape index (κ1) is 16.1. The van der Waals surface area contributed by atoms with Crippen LogP contribution in [-0.2, 0) is 16.6 Å². The van der Waals surface area contributed by atoms with E-state index < -0.39 is 10.0 Å². The van der Waals surface area contributed by atoms with Crippen molar-refractivity contribution in [3.05, 3.63) is 60.4 Å². The first-order valence-electron chi connectivity index (χ1n) is 7.82. The Kier molecular flexibility index (Phi) is 5.05. The summed E-state index contributed by atoms with van der Waals surface area (Å²) in [6.07, 6.45) is 5.48. The predicted octanol–water partition coefficient (Wildman–Crippen LogP) is 2.02. The van der Waals surface area contributed by atoms with Crippen LogP contribution in [0.1, 0.15) is 18.4 Å². The minimum atomic E-state index is -3.45. The second-order valence-electron chi connectivity index (χ2n) is 5.87. The molecule has 122 valence electrons. The van der Waals surface area contributed by atoms with Crippen molar-refractivity contribution in [3.63, 3.8) is 0 Å². The predicted molar refractivity (Wildman–Crippen MR) is 89.3 cm³/mol. The molecule has 1 aliphatic rings. The second-order valence-corrected chi connectivity index (χ2v) is 7.58. The Morgan fingerprint density at radius 1 is 1.17 bits per heavy atom. The van der Waals surface area contributed by atoms with Crippen molar-refractivity contribution in [2.45, 2.75) is 30.3 Å². The molecule has 3 rings (SSSR count). The van der Waals surface area contributed by atoms with Crippen LogP contribution in [0, 0.1) is 0 Å². The maximum absolute atomic E-state index is 12.4. The van der Waals surface area contributed by atoms with Crippen molar-refractivity contribution in [2.24, 2.45) is 0 Å². The van der Waals surface area contributed by atoms with Crippen LogP contribution in [0.15, 0.2) is 59.8 Å². The van der Waals surface area contributed by atoms with Gasteiger partial charge in [0.2, 0.25) is 10.0 Å². The third kappa shape index (κ3) is 4.37. The molecule has 1 aliphatic heterocycles. The van der Waals surface area contributed by atoms with Crippen LogP contribution in [0.4, 0.5) is 0 Å². The van der Waals surface area contributed by atoms with Crippen molar-refractivity contribution < 1.29 is 8.42 Å². The third-order valence-corrected chi connectivity index (χ3v) is 5.55. The maximum Gasteiger partial charge on any atom is 0.240 e. The average molecular weight is 331 g/mol. The van der Waals surface area contributed by atoms with Crippen LogP contribution in [0.2, 0.25) is 0 Å². The SMILES string of the molecule is O=S(=O)(NC1CCCN(Cc2cccnc2)C1)c1ccccc1. The summed E-state index contributed by atoms with van der Waals surface area (Å²) in [4.78, 5) is 6.73. The van der Waals surface area contributed by atoms with Crippen LogP contribution in [0.5, 0.6) is 0 Å². The number of aromatic nitrogens is 1. The van der Waals surface area contributed by atoms with E-state index >= 15 is 0 Å². The zero-order valence-electron chi connectivity index (χ0n) is 12.9. The zero-order chi connectivity index (χ0) is 16.1. The first-order valence-corrected chi connectivity index (χ1v) is 9.30. The quantitative estimate of drug-likeness (QED) is 0.910. The maximum atomic E-state index is 12.4. The van der Waals surface area contributed by atoms with E-state index in [0.29, 0.717) is 4.90 Å². The molecule has 0 radical (unpaired) electrons. The van der Waals surface area contributed by atoms with Crippen LogP contribution >= 0.6 is 0 Å². The van der Waals surface area contributed by atoms with E-state index in [9.17, 15) is 8.42 Å². The minimum absolute atomic E-state index is 0.0503. The Morgan fingerprint density at radius 2 is 2.00 bits per heavy atom. The fourth-order valence-corrected chi connectivity index (χ4v) is 4.22. The number of likely N-dealkylation sites (tertiary alicyclic amines) is 1. The van der Waals surface area contributed by atoms with Gasteiger partial charge in [-0.3, -0.25) is 9.88 Å². The lowest BCUT2D eigenvalue weighted by atomic mass is 10.1. The summed E-state index contributed by atoms with van der Waals surface area (Å²) in [6, 6.07) is 12.5. The van der Waals surface area contributed by atoms with Crippen molar-refractivity contribution in [1.82, 2.24) is 14.6 Å². The topological polar surface area (TPSA) is 62.3 Å². The summed E-state index contributed by atoms with van der Waals surface area (Å²) in [5, 5.41) is 0. The Bertz CT molecular complexity index is 720. The highest BCUT2D eigenvalue weighted by atomic mass is 32.2. The van der Waals surface area contributed by atoms with Crippen LogP contribution in [0.25, 0.3) is 0 Å². The van der Waals surface area contributed by atoms with E-state index in [0.717, 1.165) is 38.0 Å². The molecule has 6 heteroatoms. The number of sulfonamides is 1. The van der Waals surface area contributed by atoms with E-state index in [2.05, 4.69) is 14.6 Å². The van der Waals surface area contributed by atoms with Gasteiger partial charge in [0.05, 0.1) is 4.90 Å². The Morgan fingerprint density at radius 3 is 2.74 bits per heavy atom. The molecule has 23 heavy (non-hydrogen) atoms. The fraction of sp³-hybridized carbons (Fsp3) is 0.353. The highest BCUT2D eigenvalue weighted by Crippen LogP contribution is 2.16. The van der Waals surface area contributed by atoms with E-state index in [4.69, 9.17) is 0 Å². The molecule has 1 aromatic carbocycles. The monoisotopic (exact) mass is 331 g/mol. The molecular formula is C17H21N3O2S. The third-order valence-electron chi connectivity index (χ3n) is 4.01. The molecule has 0 bridgehead atoms. The molecule has 1 fully saturated rings. The second kappa shape index (κ2) is 7.21. The highest BCUT2D eigenvalue weighted by Gasteiger charge is 2.25. The molecule has 1 saturated heterocycles. The van der Waals surface area contributed by atoms with Crippen LogP contribution < -0.4 is 4.72 Å². The normalized spacial score (nSPS) is 19.6. The van der Waals surface area contributed by atoms with Gasteiger partial charge < -0.3 is 0 Å². The molecule has 1 unspecified atom stereocenters. The first-order chi connectivity index (χ1) is 11.1. The minimum Gasteiger partial charge on any atom is -0.297 e. The Balaban J connectivity index is 1.63. The van der Waals surface area contributed by atoms with Gasteiger partial charge in [0.1, 0.15) is 0 Å². The molecule has 0 aliphatic carbocycles. The lowest BCUT2D eigenvalue weighted by molar-refractivity contribution is 0.194. The summed E-state index contributed by atoms with van der Waals surface area (Å²) in [5.41, 5.74) is 1.15. The molecule has 5 nitrogen and oxygen atoms in total. The van der Waals surface area contributed by atoms with E-state index in [1.165, 1.54) is 0 Å². The van der Waals surface area contributed by atoms with Gasteiger partial charge >= 0.3 is 0 Å². The van der Waals surface area contributed by atoms with Gasteiger partial charge in [-0.05, 0) is 43.1 Å². The summed E-state index contributed by atoms with van der Waals surface area (Å²) < 4.78 is 27.7. The number of benzene rings is 1. The van der Waals surface area contributed by atoms with Crippen molar-refractivity contribution in [1.29, 1.82) is 0 Å². The van der Waals surface area contributed by atoms with Gasteiger partial charge in [-0.1, -0.05) is 24.3 Å². The summed E-state index contributed by atoms with van der Waals surface area (Å²) >= 11 is 0. The summed E-state index contributed by atoms with van der Waals surface area (Å²) in [5.74, 6) is 0. The van der Waals surface area contributed by atoms with Gasteiger partial charge in [0.25, 0.3) is 0 Å². The van der Waals surface area contributed by atoms with Crippen LogP contribution in [0.3, 0.4) is 0 Å². The highest BCUT2D eigenvalue weighted by molar-refractivity contribution is 7.89. The number of nitrogens with one attached hydrogen (secondary N) is 1. The number of pyridine rings is 1. The lowest BCUT2D eigenvalue weighted by Gasteiger charge is -2.32. The van der Waals surface area contributed by atoms with Crippen molar-refractivity contribution in [2.75, 3.05) is 13.1 Å². The van der Waals surface area contributed by atoms with Crippen molar-refractivity contribution in [3.8, 4) is 0 Å². The molecule has 0 saturated carbocycles. The van der Waals surface area contributed by atoms with Gasteiger partial charge in [-0.15, -0.1) is 0 Å². The molecule has 1 aromatic heterocycles. The van der Waals surface area contributed by atoms with Gasteiger partial charge in [-0.25, -0.2) is 13.1 Å². The van der Waals surface area contributed by atoms with E-state index in [1.54, 1.807) is 30.5 Å². The molecule has 2 aromatic rings. The number of piperidine rings is 1. The molecule has 0 amide bonds. The Labute approximate surface area is 137 Å². The number of hydrogen-bond donors (Lipinski definition) is 1. The summed E-state index contributed by atoms with van der Waals surface area (Å²) in [6.45, 7) is 2.51. The largest absolute Gasteiger partial charge is 0.297 e. The lowest BCUT2D eigenvalue weighted by Crippen LogP contribution is -2.47. The number of rotatable bonds is 5. The number of nitrogens with zero attached hydrogens (tertiary/aromatic N) is 2. The van der Waals surface area contributed by atoms with Crippen molar-refractivity contribution >= 4 is 10.0 Å². The van der Waals surface area contributed by atoms with Crippen LogP contribution in [-0.4, -0.2) is 37.4 Å². The van der Waals surface area contributed by atoms with Gasteiger partial charge in [-0.2, -0.15) is 0 Å². The van der Waals surface area contributed by atoms with E-state index in [-0.39, 0.29) is 6.04 Å². The smallest absolute Gasteiger partial charge is 0.240 e. The van der Waals surface area contributed by atoms with Gasteiger partial charge in [0.15, 0.2) is 0 Å². The summed E-state index contributed by atoms with van der Waals surface area (Å²) in [7, 11) is -3.45. The molecule has 1 atom stereocenters. The fourth-order valence-electron chi connectivity index (χ4n) is 2.93. The Hall–Kier alpha value is -1.76. The standard InChI is InChI=1S/C17H21N3O2S/c21-23(22,17-8-2-1-3-9-17)19-16-7-5-11-20(14-16)13-15-6-4-10-18-12-15/h1-4,6,8-10,12,16,19H,5,7,11,13-14H2. The molecular weight excluding hydrogens is 310 g/mol.